The van der Waals surface area contributed by atoms with E-state index in [0.717, 1.165) is 30.5 Å². The zero-order valence-electron chi connectivity index (χ0n) is 13.0. The largest absolute Gasteiger partial charge is 0.319 e. The van der Waals surface area contributed by atoms with Crippen LogP contribution in [0.3, 0.4) is 0 Å². The van der Waals surface area contributed by atoms with E-state index in [-0.39, 0.29) is 0 Å². The number of hydrogen-bond acceptors (Lipinski definition) is 3. The summed E-state index contributed by atoms with van der Waals surface area (Å²) in [7, 11) is -1.51. The Morgan fingerprint density at radius 2 is 1.71 bits per heavy atom. The highest BCUT2D eigenvalue weighted by Gasteiger charge is 2.27. The van der Waals surface area contributed by atoms with E-state index in [1.165, 1.54) is 0 Å². The van der Waals surface area contributed by atoms with Crippen molar-refractivity contribution in [3.63, 3.8) is 0 Å². The summed E-state index contributed by atoms with van der Waals surface area (Å²) in [5.74, 6) is 0.572. The van der Waals surface area contributed by atoms with Crippen LogP contribution in [0.5, 0.6) is 0 Å². The zero-order valence-corrected chi connectivity index (χ0v) is 13.8. The summed E-state index contributed by atoms with van der Waals surface area (Å²) in [5.41, 5.74) is 2.76. The van der Waals surface area contributed by atoms with Crippen LogP contribution in [-0.2, 0) is 10.2 Å². The second-order valence-corrected chi connectivity index (χ2v) is 7.55. The van der Waals surface area contributed by atoms with Crippen molar-refractivity contribution in [2.45, 2.75) is 26.7 Å². The molecule has 2 rings (SSSR count). The van der Waals surface area contributed by atoms with E-state index in [2.05, 4.69) is 10.0 Å². The molecule has 0 unspecified atom stereocenters. The summed E-state index contributed by atoms with van der Waals surface area (Å²) in [6, 6.07) is 5.75. The Labute approximate surface area is 127 Å². The van der Waals surface area contributed by atoms with Crippen molar-refractivity contribution < 1.29 is 8.42 Å². The zero-order chi connectivity index (χ0) is 15.5. The minimum Gasteiger partial charge on any atom is -0.319 e. The molecular weight excluding hydrogens is 286 g/mol. The van der Waals surface area contributed by atoms with Gasteiger partial charge in [-0.05, 0) is 69.5 Å². The molecule has 1 aliphatic rings. The van der Waals surface area contributed by atoms with Crippen LogP contribution in [0.1, 0.15) is 24.0 Å². The molecule has 0 spiro atoms. The second kappa shape index (κ2) is 6.77. The molecule has 1 saturated heterocycles. The first-order valence-electron chi connectivity index (χ1n) is 7.41. The van der Waals surface area contributed by atoms with E-state index in [1.807, 2.05) is 39.1 Å². The number of nitrogens with zero attached hydrogens (tertiary/aromatic N) is 1. The van der Waals surface area contributed by atoms with E-state index in [4.69, 9.17) is 0 Å². The SMILES string of the molecule is CNCC1CCN(S(=O)(=O)Nc2cc(C)cc(C)c2)CC1. The molecule has 0 atom stereocenters. The highest BCUT2D eigenvalue weighted by molar-refractivity contribution is 7.90. The average Bonchev–Trinajstić information content (AvgIpc) is 2.38. The minimum atomic E-state index is -3.45. The fraction of sp³-hybridized carbons (Fsp3) is 0.600. The molecule has 21 heavy (non-hydrogen) atoms. The summed E-state index contributed by atoms with van der Waals surface area (Å²) in [6.45, 7) is 6.07. The standard InChI is InChI=1S/C15H25N3O2S/c1-12-8-13(2)10-15(9-12)17-21(19,20)18-6-4-14(5-7-18)11-16-3/h8-10,14,16-17H,4-7,11H2,1-3H3. The Hall–Kier alpha value is -1.11. The quantitative estimate of drug-likeness (QED) is 0.873. The van der Waals surface area contributed by atoms with E-state index in [0.29, 0.717) is 24.7 Å². The molecule has 0 amide bonds. The van der Waals surface area contributed by atoms with Gasteiger partial charge in [0.1, 0.15) is 0 Å². The van der Waals surface area contributed by atoms with Crippen molar-refractivity contribution in [1.29, 1.82) is 0 Å². The fourth-order valence-corrected chi connectivity index (χ4v) is 4.13. The number of aryl methyl sites for hydroxylation is 2. The number of rotatable bonds is 5. The number of benzene rings is 1. The van der Waals surface area contributed by atoms with E-state index < -0.39 is 10.2 Å². The molecule has 0 aromatic heterocycles. The predicted octanol–water partition coefficient (Wildman–Crippen LogP) is 1.89. The Morgan fingerprint density at radius 3 is 2.24 bits per heavy atom. The first kappa shape index (κ1) is 16.3. The summed E-state index contributed by atoms with van der Waals surface area (Å²) in [4.78, 5) is 0. The highest BCUT2D eigenvalue weighted by atomic mass is 32.2. The van der Waals surface area contributed by atoms with Gasteiger partial charge >= 0.3 is 10.2 Å². The summed E-state index contributed by atoms with van der Waals surface area (Å²) in [6.07, 6.45) is 1.82. The molecule has 118 valence electrons. The molecule has 0 aliphatic carbocycles. The van der Waals surface area contributed by atoms with Crippen molar-refractivity contribution in [1.82, 2.24) is 9.62 Å². The van der Waals surface area contributed by atoms with Crippen LogP contribution < -0.4 is 10.0 Å². The molecule has 1 aromatic carbocycles. The molecule has 2 N–H and O–H groups in total. The third-order valence-corrected chi connectivity index (χ3v) is 5.41. The molecule has 0 radical (unpaired) electrons. The maximum absolute atomic E-state index is 12.4. The first-order chi connectivity index (χ1) is 9.90. The van der Waals surface area contributed by atoms with Crippen molar-refractivity contribution in [3.05, 3.63) is 29.3 Å². The lowest BCUT2D eigenvalue weighted by Crippen LogP contribution is -2.43. The number of nitrogens with one attached hydrogen (secondary N) is 2. The van der Waals surface area contributed by atoms with E-state index in [9.17, 15) is 8.42 Å². The van der Waals surface area contributed by atoms with Crippen molar-refractivity contribution in [2.24, 2.45) is 5.92 Å². The van der Waals surface area contributed by atoms with Crippen LogP contribution in [0.4, 0.5) is 5.69 Å². The fourth-order valence-electron chi connectivity index (χ4n) is 2.89. The third-order valence-electron chi connectivity index (χ3n) is 3.87. The van der Waals surface area contributed by atoms with Crippen LogP contribution in [0.15, 0.2) is 18.2 Å². The third kappa shape index (κ3) is 4.43. The van der Waals surface area contributed by atoms with Crippen LogP contribution in [0.2, 0.25) is 0 Å². The predicted molar refractivity (Wildman–Crippen MR) is 86.7 cm³/mol. The summed E-state index contributed by atoms with van der Waals surface area (Å²) >= 11 is 0. The lowest BCUT2D eigenvalue weighted by atomic mass is 9.98. The van der Waals surface area contributed by atoms with Gasteiger partial charge in [-0.25, -0.2) is 0 Å². The van der Waals surface area contributed by atoms with Crippen LogP contribution in [-0.4, -0.2) is 39.4 Å². The van der Waals surface area contributed by atoms with Gasteiger partial charge in [0.2, 0.25) is 0 Å². The molecule has 1 aliphatic heterocycles. The average molecular weight is 311 g/mol. The molecule has 1 fully saturated rings. The maximum atomic E-state index is 12.4. The van der Waals surface area contributed by atoms with Gasteiger partial charge in [-0.3, -0.25) is 4.72 Å². The first-order valence-corrected chi connectivity index (χ1v) is 8.85. The lowest BCUT2D eigenvalue weighted by Gasteiger charge is -2.31. The van der Waals surface area contributed by atoms with Crippen molar-refractivity contribution in [2.75, 3.05) is 31.4 Å². The summed E-state index contributed by atoms with van der Waals surface area (Å²) in [5, 5.41) is 3.16. The normalized spacial score (nSPS) is 17.9. The van der Waals surface area contributed by atoms with Gasteiger partial charge in [-0.1, -0.05) is 6.07 Å². The van der Waals surface area contributed by atoms with E-state index >= 15 is 0 Å². The Bertz CT molecular complexity index is 558. The van der Waals surface area contributed by atoms with Crippen molar-refractivity contribution >= 4 is 15.9 Å². The number of anilines is 1. The molecule has 5 nitrogen and oxygen atoms in total. The molecule has 1 heterocycles. The Morgan fingerprint density at radius 1 is 1.14 bits per heavy atom. The van der Waals surface area contributed by atoms with Gasteiger partial charge in [-0.2, -0.15) is 12.7 Å². The van der Waals surface area contributed by atoms with Gasteiger partial charge < -0.3 is 5.32 Å². The van der Waals surface area contributed by atoms with Gasteiger partial charge in [0.25, 0.3) is 0 Å². The monoisotopic (exact) mass is 311 g/mol. The van der Waals surface area contributed by atoms with Gasteiger partial charge in [-0.15, -0.1) is 0 Å². The molecule has 6 heteroatoms. The van der Waals surface area contributed by atoms with E-state index in [1.54, 1.807) is 4.31 Å². The van der Waals surface area contributed by atoms with Crippen LogP contribution in [0.25, 0.3) is 0 Å². The molecule has 0 saturated carbocycles. The van der Waals surface area contributed by atoms with Crippen molar-refractivity contribution in [3.8, 4) is 0 Å². The number of hydrogen-bond donors (Lipinski definition) is 2. The topological polar surface area (TPSA) is 61.4 Å². The lowest BCUT2D eigenvalue weighted by molar-refractivity contribution is 0.272. The molecule has 0 bridgehead atoms. The van der Waals surface area contributed by atoms with Gasteiger partial charge in [0, 0.05) is 13.1 Å². The van der Waals surface area contributed by atoms with Gasteiger partial charge in [0.05, 0.1) is 5.69 Å². The van der Waals surface area contributed by atoms with Crippen LogP contribution >= 0.6 is 0 Å². The minimum absolute atomic E-state index is 0.572. The van der Waals surface area contributed by atoms with Crippen LogP contribution in [0, 0.1) is 19.8 Å². The molecule has 1 aromatic rings. The summed E-state index contributed by atoms with van der Waals surface area (Å²) < 4.78 is 29.1. The Balaban J connectivity index is 2.02. The molecular formula is C15H25N3O2S. The number of piperidine rings is 1. The smallest absolute Gasteiger partial charge is 0.301 e. The highest BCUT2D eigenvalue weighted by Crippen LogP contribution is 2.21. The second-order valence-electron chi connectivity index (χ2n) is 5.88. The Kier molecular flexibility index (Phi) is 5.24. The maximum Gasteiger partial charge on any atom is 0.301 e. The van der Waals surface area contributed by atoms with Gasteiger partial charge in [0.15, 0.2) is 0 Å².